The van der Waals surface area contributed by atoms with E-state index in [0.29, 0.717) is 33.1 Å². The van der Waals surface area contributed by atoms with Gasteiger partial charge >= 0.3 is 0 Å². The molecular weight excluding hydrogens is 587 g/mol. The smallest absolute Gasteiger partial charge is 0.252 e. The average molecular weight is 606 g/mol. The van der Waals surface area contributed by atoms with Crippen LogP contribution in [-0.4, -0.2) is 35.4 Å². The molecule has 1 amide bonds. The summed E-state index contributed by atoms with van der Waals surface area (Å²) in [6.45, 7) is 0. The van der Waals surface area contributed by atoms with Crippen LogP contribution in [-0.2, 0) is 11.2 Å². The van der Waals surface area contributed by atoms with Crippen molar-refractivity contribution in [3.8, 4) is 28.1 Å². The van der Waals surface area contributed by atoms with Gasteiger partial charge < -0.3 is 14.9 Å². The fourth-order valence-electron chi connectivity index (χ4n) is 6.37. The Morgan fingerprint density at radius 1 is 1.00 bits per heavy atom. The fraction of sp³-hybridized carbons (Fsp3) is 0.207. The molecule has 5 aromatic rings. The van der Waals surface area contributed by atoms with Crippen molar-refractivity contribution in [1.29, 1.82) is 0 Å². The Balaban J connectivity index is 1.20. The van der Waals surface area contributed by atoms with Gasteiger partial charge in [-0.05, 0) is 60.7 Å². The molecule has 0 bridgehead atoms. The molecule has 3 unspecified atom stereocenters. The van der Waals surface area contributed by atoms with E-state index in [4.69, 9.17) is 23.2 Å². The molecule has 2 aliphatic heterocycles. The molecule has 8 rings (SSSR count). The number of rotatable bonds is 4. The van der Waals surface area contributed by atoms with E-state index in [-0.39, 0.29) is 58.4 Å². The largest absolute Gasteiger partial charge is 0.338 e. The Bertz CT molecular complexity index is 2030. The number of halogens is 4. The molecule has 2 aromatic carbocycles. The zero-order valence-electron chi connectivity index (χ0n) is 21.5. The van der Waals surface area contributed by atoms with Crippen molar-refractivity contribution in [2.45, 2.75) is 31.2 Å². The van der Waals surface area contributed by atoms with Crippen LogP contribution in [0.5, 0.6) is 0 Å². The van der Waals surface area contributed by atoms with E-state index in [1.165, 1.54) is 16.8 Å². The second-order valence-electron chi connectivity index (χ2n) is 10.8. The third-order valence-electron chi connectivity index (χ3n) is 8.33. The minimum atomic E-state index is -0.853. The van der Waals surface area contributed by atoms with Crippen molar-refractivity contribution in [1.82, 2.24) is 29.5 Å². The monoisotopic (exact) mass is 605 g/mol. The van der Waals surface area contributed by atoms with Crippen LogP contribution in [0.4, 0.5) is 14.5 Å². The highest BCUT2D eigenvalue weighted by Crippen LogP contribution is 2.60. The van der Waals surface area contributed by atoms with Gasteiger partial charge in [-0.3, -0.25) is 9.59 Å². The maximum Gasteiger partial charge on any atom is 0.252 e. The normalized spacial score (nSPS) is 20.2. The van der Waals surface area contributed by atoms with Gasteiger partial charge in [0, 0.05) is 51.5 Å². The summed E-state index contributed by atoms with van der Waals surface area (Å²) in [6.07, 6.45) is 2.74. The molecule has 5 heterocycles. The number of anilines is 1. The second-order valence-corrected chi connectivity index (χ2v) is 11.6. The van der Waals surface area contributed by atoms with Crippen molar-refractivity contribution in [2.24, 2.45) is 5.92 Å². The summed E-state index contributed by atoms with van der Waals surface area (Å²) in [5.41, 5.74) is 3.15. The maximum absolute atomic E-state index is 15.5. The fourth-order valence-corrected chi connectivity index (χ4v) is 6.67. The highest BCUT2D eigenvalue weighted by molar-refractivity contribution is 6.31. The number of hydrogen-bond donors (Lipinski definition) is 2. The van der Waals surface area contributed by atoms with Gasteiger partial charge in [0.15, 0.2) is 5.15 Å². The molecule has 42 heavy (non-hydrogen) atoms. The molecule has 9 nitrogen and oxygen atoms in total. The first-order chi connectivity index (χ1) is 20.3. The number of hydrogen-bond acceptors (Lipinski definition) is 5. The first-order valence-electron chi connectivity index (χ1n) is 13.3. The van der Waals surface area contributed by atoms with Gasteiger partial charge in [0.2, 0.25) is 11.9 Å². The summed E-state index contributed by atoms with van der Waals surface area (Å²) < 4.78 is 33.9. The van der Waals surface area contributed by atoms with Gasteiger partial charge in [-0.15, -0.1) is 5.10 Å². The third-order valence-corrected chi connectivity index (χ3v) is 8.74. The number of imidazole rings is 1. The van der Waals surface area contributed by atoms with E-state index < -0.39 is 17.8 Å². The number of aromatic amines is 1. The first kappa shape index (κ1) is 25.4. The van der Waals surface area contributed by atoms with Crippen LogP contribution in [0.2, 0.25) is 10.2 Å². The van der Waals surface area contributed by atoms with Crippen molar-refractivity contribution in [2.75, 3.05) is 5.32 Å². The van der Waals surface area contributed by atoms with E-state index in [1.54, 1.807) is 35.0 Å². The average Bonchev–Trinajstić information content (AvgIpc) is 3.28. The van der Waals surface area contributed by atoms with Crippen LogP contribution in [0.3, 0.4) is 0 Å². The molecule has 1 aliphatic carbocycles. The van der Waals surface area contributed by atoms with Crippen molar-refractivity contribution in [3.63, 3.8) is 0 Å². The van der Waals surface area contributed by atoms with Crippen LogP contribution in [0.25, 0.3) is 28.1 Å². The minimum Gasteiger partial charge on any atom is -0.338 e. The molecule has 210 valence electrons. The van der Waals surface area contributed by atoms with Gasteiger partial charge in [0.1, 0.15) is 17.3 Å². The second kappa shape index (κ2) is 9.07. The number of nitrogens with one attached hydrogen (secondary N) is 2. The van der Waals surface area contributed by atoms with E-state index in [2.05, 4.69) is 25.6 Å². The number of aromatic nitrogens is 6. The van der Waals surface area contributed by atoms with Crippen molar-refractivity contribution < 1.29 is 13.6 Å². The molecule has 3 aromatic heterocycles. The van der Waals surface area contributed by atoms with Crippen LogP contribution in [0.1, 0.15) is 41.9 Å². The van der Waals surface area contributed by atoms with E-state index >= 15 is 8.78 Å². The Morgan fingerprint density at radius 2 is 1.86 bits per heavy atom. The van der Waals surface area contributed by atoms with Gasteiger partial charge in [-0.1, -0.05) is 28.4 Å². The predicted molar refractivity (Wildman–Crippen MR) is 151 cm³/mol. The van der Waals surface area contributed by atoms with Crippen LogP contribution < -0.4 is 10.9 Å². The highest BCUT2D eigenvalue weighted by atomic mass is 35.5. The Hall–Kier alpha value is -4.35. The molecule has 13 heteroatoms. The Kier molecular flexibility index (Phi) is 5.48. The lowest BCUT2D eigenvalue weighted by atomic mass is 9.98. The number of benzene rings is 2. The van der Waals surface area contributed by atoms with E-state index in [1.807, 2.05) is 6.07 Å². The molecule has 0 spiro atoms. The summed E-state index contributed by atoms with van der Waals surface area (Å²) >= 11 is 12.3. The molecule has 2 N–H and O–H groups in total. The molecule has 3 aliphatic rings. The van der Waals surface area contributed by atoms with Gasteiger partial charge in [0.25, 0.3) is 5.56 Å². The van der Waals surface area contributed by atoms with Gasteiger partial charge in [-0.2, -0.15) is 4.39 Å². The number of amides is 1. The molecule has 0 saturated heterocycles. The van der Waals surface area contributed by atoms with Crippen molar-refractivity contribution in [3.05, 3.63) is 98.0 Å². The predicted octanol–water partition coefficient (Wildman–Crippen LogP) is 5.66. The van der Waals surface area contributed by atoms with E-state index in [9.17, 15) is 9.59 Å². The zero-order valence-corrected chi connectivity index (χ0v) is 23.0. The quantitative estimate of drug-likeness (QED) is 0.274. The van der Waals surface area contributed by atoms with Gasteiger partial charge in [0.05, 0.1) is 17.9 Å². The third kappa shape index (κ3) is 3.83. The number of nitrogens with zero attached hydrogens (tertiary/aromatic N) is 5. The van der Waals surface area contributed by atoms with E-state index in [0.717, 1.165) is 12.1 Å². The summed E-state index contributed by atoms with van der Waals surface area (Å²) in [4.78, 5) is 32.5. The lowest BCUT2D eigenvalue weighted by Crippen LogP contribution is -2.26. The SMILES string of the molecule is O=C1CCc2c(ccc(-c3[nH]c(C4C5CC5c5cc(-c6cc(Cl)ccc6-n6cc(Cl)nn6)cc(=O)n54)nc3F)c2F)N1. The molecule has 3 atom stereocenters. The summed E-state index contributed by atoms with van der Waals surface area (Å²) in [7, 11) is 0. The summed E-state index contributed by atoms with van der Waals surface area (Å²) in [5.74, 6) is -1.25. The number of H-pyrrole nitrogens is 1. The minimum absolute atomic E-state index is 0.0242. The van der Waals surface area contributed by atoms with Crippen LogP contribution in [0.15, 0.2) is 53.5 Å². The van der Waals surface area contributed by atoms with Gasteiger partial charge in [-0.25, -0.2) is 14.1 Å². The molecular formula is C29H19Cl2F2N7O2. The topological polar surface area (TPSA) is 110 Å². The Labute approximate surface area is 246 Å². The summed E-state index contributed by atoms with van der Waals surface area (Å²) in [5, 5.41) is 11.3. The zero-order chi connectivity index (χ0) is 28.9. The Morgan fingerprint density at radius 3 is 2.67 bits per heavy atom. The molecule has 1 saturated carbocycles. The number of fused-ring (bicyclic) bond motifs is 4. The molecule has 1 fully saturated rings. The highest BCUT2D eigenvalue weighted by Gasteiger charge is 2.54. The lowest BCUT2D eigenvalue weighted by molar-refractivity contribution is -0.116. The van der Waals surface area contributed by atoms with Crippen molar-refractivity contribution >= 4 is 34.8 Å². The van der Waals surface area contributed by atoms with Crippen LogP contribution in [0, 0.1) is 17.7 Å². The maximum atomic E-state index is 15.5. The lowest BCUT2D eigenvalue weighted by Gasteiger charge is -2.19. The number of pyridine rings is 1. The first-order valence-corrected chi connectivity index (χ1v) is 14.0. The molecule has 0 radical (unpaired) electrons. The summed E-state index contributed by atoms with van der Waals surface area (Å²) in [6, 6.07) is 11.2. The van der Waals surface area contributed by atoms with Crippen LogP contribution >= 0.6 is 23.2 Å². The standard InChI is InChI=1S/C29H19Cl2F2N7O2/c30-13-1-5-20(39-11-22(31)37-38-39)16(9-13)12-7-21-17-10-18(17)27(40(21)24(42)8-12)29-35-26(28(33)36-29)15-2-4-19-14(25(15)32)3-6-23(41)34-19/h1-2,4-5,7-9,11,17-18,27H,3,6,10H2,(H,34,41)(H,35,36). The number of carbonyl (C=O) groups excluding carboxylic acids is 1. The number of carbonyl (C=O) groups is 1.